The molecule has 124 valence electrons. The molecule has 0 unspecified atom stereocenters. The number of nitrogen functional groups attached to an aromatic ring is 1. The highest BCUT2D eigenvalue weighted by atomic mass is 16.5. The molecule has 0 bridgehead atoms. The van der Waals surface area contributed by atoms with E-state index in [9.17, 15) is 5.26 Å². The molecule has 4 heteroatoms. The predicted octanol–water partition coefficient (Wildman–Crippen LogP) is 4.49. The van der Waals surface area contributed by atoms with Crippen LogP contribution in [0.5, 0.6) is 5.75 Å². The lowest BCUT2D eigenvalue weighted by molar-refractivity contribution is 0.415. The van der Waals surface area contributed by atoms with Crippen LogP contribution in [-0.4, -0.2) is 12.1 Å². The number of aromatic nitrogens is 1. The molecule has 0 aliphatic rings. The highest BCUT2D eigenvalue weighted by molar-refractivity contribution is 5.82. The number of rotatable bonds is 3. The van der Waals surface area contributed by atoms with Crippen molar-refractivity contribution in [1.29, 1.82) is 5.26 Å². The van der Waals surface area contributed by atoms with Crippen molar-refractivity contribution in [2.24, 2.45) is 0 Å². The van der Waals surface area contributed by atoms with E-state index in [2.05, 4.69) is 23.2 Å². The van der Waals surface area contributed by atoms with Crippen LogP contribution in [0.3, 0.4) is 0 Å². The maximum Gasteiger partial charge on any atom is 0.142 e. The van der Waals surface area contributed by atoms with E-state index < -0.39 is 0 Å². The van der Waals surface area contributed by atoms with Gasteiger partial charge >= 0.3 is 0 Å². The van der Waals surface area contributed by atoms with Crippen LogP contribution in [-0.2, 0) is 0 Å². The van der Waals surface area contributed by atoms with E-state index in [0.29, 0.717) is 11.3 Å². The van der Waals surface area contributed by atoms with Gasteiger partial charge < -0.3 is 10.5 Å². The number of hydrogen-bond donors (Lipinski definition) is 1. The summed E-state index contributed by atoms with van der Waals surface area (Å²) < 4.78 is 5.29. The summed E-state index contributed by atoms with van der Waals surface area (Å²) in [4.78, 5) is 4.43. The normalized spacial score (nSPS) is 10.3. The Morgan fingerprint density at radius 3 is 2.56 bits per heavy atom. The fraction of sp³-hybridized carbons (Fsp3) is 0.143. The van der Waals surface area contributed by atoms with E-state index >= 15 is 0 Å². The van der Waals surface area contributed by atoms with Gasteiger partial charge in [-0.25, -0.2) is 4.98 Å². The van der Waals surface area contributed by atoms with E-state index in [1.165, 1.54) is 0 Å². The molecule has 0 radical (unpaired) electrons. The van der Waals surface area contributed by atoms with E-state index in [1.54, 1.807) is 7.11 Å². The number of nitrogens with two attached hydrogens (primary N) is 1. The third kappa shape index (κ3) is 3.17. The van der Waals surface area contributed by atoms with Crippen LogP contribution in [0.25, 0.3) is 22.4 Å². The van der Waals surface area contributed by atoms with Crippen molar-refractivity contribution < 1.29 is 4.74 Å². The quantitative estimate of drug-likeness (QED) is 0.768. The van der Waals surface area contributed by atoms with E-state index in [0.717, 1.165) is 33.6 Å². The fourth-order valence-corrected chi connectivity index (χ4v) is 2.85. The summed E-state index contributed by atoms with van der Waals surface area (Å²) in [7, 11) is 1.63. The molecule has 0 saturated heterocycles. The highest BCUT2D eigenvalue weighted by Gasteiger charge is 2.15. The molecular formula is C21H19N3O. The third-order valence-corrected chi connectivity index (χ3v) is 4.21. The number of ether oxygens (including phenoxy) is 1. The summed E-state index contributed by atoms with van der Waals surface area (Å²) in [5, 5.41) is 9.57. The molecule has 0 fully saturated rings. The van der Waals surface area contributed by atoms with Gasteiger partial charge in [0.25, 0.3) is 0 Å². The number of methoxy groups -OCH3 is 1. The lowest BCUT2D eigenvalue weighted by atomic mass is 9.94. The van der Waals surface area contributed by atoms with Gasteiger partial charge in [-0.1, -0.05) is 35.9 Å². The van der Waals surface area contributed by atoms with Crippen LogP contribution < -0.4 is 10.5 Å². The highest BCUT2D eigenvalue weighted by Crippen LogP contribution is 2.34. The zero-order valence-corrected chi connectivity index (χ0v) is 14.5. The second kappa shape index (κ2) is 6.66. The molecule has 4 nitrogen and oxygen atoms in total. The molecular weight excluding hydrogens is 310 g/mol. The summed E-state index contributed by atoms with van der Waals surface area (Å²) in [6, 6.07) is 17.9. The Morgan fingerprint density at radius 1 is 1.04 bits per heavy atom. The molecule has 0 aliphatic heterocycles. The molecule has 0 atom stereocenters. The molecule has 1 aromatic heterocycles. The predicted molar refractivity (Wildman–Crippen MR) is 100 cm³/mol. The average Bonchev–Trinajstić information content (AvgIpc) is 2.63. The number of nitrogens with zero attached hydrogens (tertiary/aromatic N) is 2. The van der Waals surface area contributed by atoms with Gasteiger partial charge in [0.05, 0.1) is 12.8 Å². The van der Waals surface area contributed by atoms with Gasteiger partial charge in [-0.3, -0.25) is 0 Å². The largest absolute Gasteiger partial charge is 0.497 e. The van der Waals surface area contributed by atoms with Crippen LogP contribution >= 0.6 is 0 Å². The van der Waals surface area contributed by atoms with Crippen molar-refractivity contribution in [1.82, 2.24) is 4.98 Å². The number of benzene rings is 2. The van der Waals surface area contributed by atoms with Crippen molar-refractivity contribution in [3.8, 4) is 34.2 Å². The van der Waals surface area contributed by atoms with Gasteiger partial charge in [0.1, 0.15) is 23.2 Å². The molecule has 0 amide bonds. The van der Waals surface area contributed by atoms with Crippen molar-refractivity contribution in [3.05, 3.63) is 65.2 Å². The fourth-order valence-electron chi connectivity index (χ4n) is 2.85. The zero-order chi connectivity index (χ0) is 18.0. The van der Waals surface area contributed by atoms with Crippen LogP contribution in [0, 0.1) is 25.2 Å². The number of nitriles is 1. The maximum absolute atomic E-state index is 9.57. The summed E-state index contributed by atoms with van der Waals surface area (Å²) in [5.41, 5.74) is 12.1. The van der Waals surface area contributed by atoms with Crippen molar-refractivity contribution in [2.45, 2.75) is 13.8 Å². The molecule has 3 rings (SSSR count). The average molecular weight is 329 g/mol. The maximum atomic E-state index is 9.57. The first-order chi connectivity index (χ1) is 12.0. The number of hydrogen-bond acceptors (Lipinski definition) is 4. The SMILES string of the molecule is COc1cccc(-c2cc(-c3cc(C)ccc3C)c(C#N)c(N)n2)c1. The molecule has 1 heterocycles. The van der Waals surface area contributed by atoms with Gasteiger partial charge in [0.15, 0.2) is 0 Å². The molecule has 0 aliphatic carbocycles. The minimum Gasteiger partial charge on any atom is -0.497 e. The third-order valence-electron chi connectivity index (χ3n) is 4.21. The van der Waals surface area contributed by atoms with Gasteiger partial charge in [0.2, 0.25) is 0 Å². The van der Waals surface area contributed by atoms with Crippen LogP contribution in [0.1, 0.15) is 16.7 Å². The summed E-state index contributed by atoms with van der Waals surface area (Å²) >= 11 is 0. The second-order valence-corrected chi connectivity index (χ2v) is 5.98. The Labute approximate surface area is 147 Å². The Morgan fingerprint density at radius 2 is 1.84 bits per heavy atom. The molecule has 0 saturated carbocycles. The number of anilines is 1. The summed E-state index contributed by atoms with van der Waals surface area (Å²) in [6.07, 6.45) is 0. The van der Waals surface area contributed by atoms with E-state index in [1.807, 2.05) is 50.2 Å². The van der Waals surface area contributed by atoms with Crippen LogP contribution in [0.2, 0.25) is 0 Å². The first kappa shape index (κ1) is 16.5. The minimum atomic E-state index is 0.235. The summed E-state index contributed by atoms with van der Waals surface area (Å²) in [6.45, 7) is 4.06. The molecule has 0 spiro atoms. The molecule has 3 aromatic rings. The Hall–Kier alpha value is -3.32. The monoisotopic (exact) mass is 329 g/mol. The van der Waals surface area contributed by atoms with Gasteiger partial charge in [-0.2, -0.15) is 5.26 Å². The number of aryl methyl sites for hydroxylation is 2. The standard InChI is InChI=1S/C21H19N3O/c1-13-7-8-14(2)17(9-13)18-11-20(24-21(23)19(18)12-22)15-5-4-6-16(10-15)25-3/h4-11H,1-3H3,(H2,23,24). The van der Waals surface area contributed by atoms with E-state index in [-0.39, 0.29) is 5.82 Å². The zero-order valence-electron chi connectivity index (χ0n) is 14.5. The Kier molecular flexibility index (Phi) is 4.40. The van der Waals surface area contributed by atoms with Gasteiger partial charge in [-0.05, 0) is 43.2 Å². The molecule has 2 N–H and O–H groups in total. The van der Waals surface area contributed by atoms with Gasteiger partial charge in [0, 0.05) is 11.1 Å². The van der Waals surface area contributed by atoms with Crippen LogP contribution in [0.4, 0.5) is 5.82 Å². The lowest BCUT2D eigenvalue weighted by Crippen LogP contribution is -2.00. The Bertz CT molecular complexity index is 987. The molecule has 25 heavy (non-hydrogen) atoms. The first-order valence-electron chi connectivity index (χ1n) is 7.96. The van der Waals surface area contributed by atoms with Crippen molar-refractivity contribution in [2.75, 3.05) is 12.8 Å². The first-order valence-corrected chi connectivity index (χ1v) is 7.96. The lowest BCUT2D eigenvalue weighted by Gasteiger charge is -2.13. The minimum absolute atomic E-state index is 0.235. The van der Waals surface area contributed by atoms with Crippen LogP contribution in [0.15, 0.2) is 48.5 Å². The van der Waals surface area contributed by atoms with Gasteiger partial charge in [-0.15, -0.1) is 0 Å². The second-order valence-electron chi connectivity index (χ2n) is 5.98. The van der Waals surface area contributed by atoms with Crippen molar-refractivity contribution >= 4 is 5.82 Å². The topological polar surface area (TPSA) is 71.9 Å². The smallest absolute Gasteiger partial charge is 0.142 e. The van der Waals surface area contributed by atoms with Crippen molar-refractivity contribution in [3.63, 3.8) is 0 Å². The van der Waals surface area contributed by atoms with E-state index in [4.69, 9.17) is 10.5 Å². The summed E-state index contributed by atoms with van der Waals surface area (Å²) in [5.74, 6) is 0.981. The number of pyridine rings is 1. The molecule has 2 aromatic carbocycles. The Balaban J connectivity index is 2.26.